The zero-order valence-corrected chi connectivity index (χ0v) is 11.9. The minimum absolute atomic E-state index is 0.0928. The van der Waals surface area contributed by atoms with Gasteiger partial charge in [-0.3, -0.25) is 4.99 Å². The van der Waals surface area contributed by atoms with Crippen molar-refractivity contribution in [3.8, 4) is 11.8 Å². The summed E-state index contributed by atoms with van der Waals surface area (Å²) < 4.78 is 0. The molecule has 0 heterocycles. The van der Waals surface area contributed by atoms with Gasteiger partial charge in [0.05, 0.1) is 0 Å². The molecule has 0 aliphatic rings. The first-order chi connectivity index (χ1) is 8.75. The Bertz CT molecular complexity index is 370. The summed E-state index contributed by atoms with van der Waals surface area (Å²) in [6.45, 7) is 6.58. The van der Waals surface area contributed by atoms with Crippen LogP contribution in [0.2, 0.25) is 0 Å². The minimum Gasteiger partial charge on any atom is -0.465 e. The fraction of sp³-hybridized carbons (Fsp3) is 0.692. The topological polar surface area (TPSA) is 105 Å². The largest absolute Gasteiger partial charge is 0.465 e. The van der Waals surface area contributed by atoms with Crippen molar-refractivity contribution in [3.05, 3.63) is 0 Å². The van der Waals surface area contributed by atoms with Crippen molar-refractivity contribution >= 4 is 12.1 Å². The van der Waals surface area contributed by atoms with E-state index in [4.69, 9.17) is 16.6 Å². The molecule has 0 saturated heterocycles. The number of aliphatic imine (C=N–C) groups is 1. The Morgan fingerprint density at radius 2 is 1.84 bits per heavy atom. The van der Waals surface area contributed by atoms with E-state index >= 15 is 0 Å². The van der Waals surface area contributed by atoms with Gasteiger partial charge in [0.1, 0.15) is 0 Å². The molecule has 108 valence electrons. The Balaban J connectivity index is 3.96. The van der Waals surface area contributed by atoms with Gasteiger partial charge in [-0.2, -0.15) is 0 Å². The Morgan fingerprint density at radius 3 is 2.32 bits per heavy atom. The van der Waals surface area contributed by atoms with Gasteiger partial charge in [-0.25, -0.2) is 4.79 Å². The molecule has 0 aromatic rings. The van der Waals surface area contributed by atoms with Gasteiger partial charge in [0.2, 0.25) is 0 Å². The zero-order valence-electron chi connectivity index (χ0n) is 11.9. The fourth-order valence-electron chi connectivity index (χ4n) is 1.44. The zero-order chi connectivity index (χ0) is 14.9. The average molecular weight is 268 g/mol. The van der Waals surface area contributed by atoms with E-state index in [-0.39, 0.29) is 5.96 Å². The quantitative estimate of drug-likeness (QED) is 0.301. The normalized spacial score (nSPS) is 10.3. The van der Waals surface area contributed by atoms with Crippen molar-refractivity contribution in [2.75, 3.05) is 13.1 Å². The molecule has 0 aliphatic carbocycles. The molecular formula is C13H24N4O2. The predicted molar refractivity (Wildman–Crippen MR) is 76.8 cm³/mol. The number of rotatable bonds is 5. The SMILES string of the molecule is CC(C)(C)N(CCC#CCCCN=C(N)N)C(=O)O. The maximum absolute atomic E-state index is 11.1. The second-order valence-corrected chi connectivity index (χ2v) is 5.12. The minimum atomic E-state index is -0.915. The van der Waals surface area contributed by atoms with Crippen LogP contribution in [0.5, 0.6) is 0 Å². The maximum atomic E-state index is 11.1. The number of nitrogens with zero attached hydrogens (tertiary/aromatic N) is 2. The molecule has 6 nitrogen and oxygen atoms in total. The number of nitrogens with two attached hydrogens (primary N) is 2. The van der Waals surface area contributed by atoms with E-state index in [9.17, 15) is 4.79 Å². The molecular weight excluding hydrogens is 244 g/mol. The summed E-state index contributed by atoms with van der Waals surface area (Å²) >= 11 is 0. The highest BCUT2D eigenvalue weighted by Gasteiger charge is 2.24. The van der Waals surface area contributed by atoms with Crippen LogP contribution < -0.4 is 11.5 Å². The summed E-state index contributed by atoms with van der Waals surface area (Å²) in [4.78, 5) is 16.3. The molecule has 1 amide bonds. The van der Waals surface area contributed by atoms with Gasteiger partial charge in [-0.15, -0.1) is 11.8 Å². The van der Waals surface area contributed by atoms with Crippen molar-refractivity contribution in [3.63, 3.8) is 0 Å². The molecule has 0 radical (unpaired) electrons. The highest BCUT2D eigenvalue weighted by atomic mass is 16.4. The van der Waals surface area contributed by atoms with E-state index in [1.54, 1.807) is 0 Å². The first-order valence-electron chi connectivity index (χ1n) is 6.27. The third-order valence-electron chi connectivity index (χ3n) is 2.38. The van der Waals surface area contributed by atoms with Gasteiger partial charge in [0.15, 0.2) is 5.96 Å². The van der Waals surface area contributed by atoms with Crippen LogP contribution in [0.25, 0.3) is 0 Å². The summed E-state index contributed by atoms with van der Waals surface area (Å²) in [7, 11) is 0. The second kappa shape index (κ2) is 8.25. The number of hydrogen-bond donors (Lipinski definition) is 3. The van der Waals surface area contributed by atoms with Crippen molar-refractivity contribution in [1.82, 2.24) is 4.90 Å². The van der Waals surface area contributed by atoms with Crippen molar-refractivity contribution in [2.24, 2.45) is 16.5 Å². The standard InChI is InChI=1S/C13H24N4O2/c1-13(2,3)17(12(18)19)10-8-6-4-5-7-9-16-11(14)15/h5,7-10H2,1-3H3,(H,18,19)(H4,14,15,16). The molecule has 0 unspecified atom stereocenters. The van der Waals surface area contributed by atoms with E-state index in [0.29, 0.717) is 25.9 Å². The monoisotopic (exact) mass is 268 g/mol. The van der Waals surface area contributed by atoms with Crippen LogP contribution in [0.3, 0.4) is 0 Å². The van der Waals surface area contributed by atoms with Crippen LogP contribution in [0.1, 0.15) is 40.0 Å². The molecule has 19 heavy (non-hydrogen) atoms. The van der Waals surface area contributed by atoms with Crippen molar-refractivity contribution in [2.45, 2.75) is 45.6 Å². The van der Waals surface area contributed by atoms with Crippen molar-refractivity contribution < 1.29 is 9.90 Å². The number of amides is 1. The summed E-state index contributed by atoms with van der Waals surface area (Å²) in [5.41, 5.74) is 9.97. The van der Waals surface area contributed by atoms with Crippen LogP contribution >= 0.6 is 0 Å². The van der Waals surface area contributed by atoms with Gasteiger partial charge in [0.25, 0.3) is 0 Å². The highest BCUT2D eigenvalue weighted by molar-refractivity contribution is 5.75. The van der Waals surface area contributed by atoms with Gasteiger partial charge in [-0.1, -0.05) is 0 Å². The van der Waals surface area contributed by atoms with Crippen LogP contribution in [-0.2, 0) is 0 Å². The number of unbranched alkanes of at least 4 members (excludes halogenated alkanes) is 1. The lowest BCUT2D eigenvalue weighted by Gasteiger charge is -2.32. The smallest absolute Gasteiger partial charge is 0.407 e. The van der Waals surface area contributed by atoms with E-state index in [0.717, 1.165) is 6.42 Å². The first kappa shape index (κ1) is 17.1. The Kier molecular flexibility index (Phi) is 7.42. The van der Waals surface area contributed by atoms with E-state index in [2.05, 4.69) is 16.8 Å². The molecule has 0 atom stereocenters. The number of carbonyl (C=O) groups is 1. The Hall–Kier alpha value is -1.90. The lowest BCUT2D eigenvalue weighted by molar-refractivity contribution is 0.102. The number of guanidine groups is 1. The van der Waals surface area contributed by atoms with Gasteiger partial charge < -0.3 is 21.5 Å². The van der Waals surface area contributed by atoms with Gasteiger partial charge in [0, 0.05) is 31.5 Å². The molecule has 0 rings (SSSR count). The lowest BCUT2D eigenvalue weighted by Crippen LogP contribution is -2.45. The molecule has 0 bridgehead atoms. The number of hydrogen-bond acceptors (Lipinski definition) is 2. The van der Waals surface area contributed by atoms with Crippen LogP contribution in [0.4, 0.5) is 4.79 Å². The van der Waals surface area contributed by atoms with Crippen LogP contribution in [0.15, 0.2) is 4.99 Å². The van der Waals surface area contributed by atoms with Crippen LogP contribution in [-0.4, -0.2) is 40.7 Å². The molecule has 0 aromatic carbocycles. The lowest BCUT2D eigenvalue weighted by atomic mass is 10.1. The van der Waals surface area contributed by atoms with Crippen LogP contribution in [0, 0.1) is 11.8 Å². The highest BCUT2D eigenvalue weighted by Crippen LogP contribution is 2.13. The third-order valence-corrected chi connectivity index (χ3v) is 2.38. The molecule has 6 heteroatoms. The van der Waals surface area contributed by atoms with Gasteiger partial charge >= 0.3 is 6.09 Å². The molecule has 0 spiro atoms. The fourth-order valence-corrected chi connectivity index (χ4v) is 1.44. The van der Waals surface area contributed by atoms with Gasteiger partial charge in [-0.05, 0) is 27.2 Å². The second-order valence-electron chi connectivity index (χ2n) is 5.12. The molecule has 0 aromatic heterocycles. The first-order valence-corrected chi connectivity index (χ1v) is 6.27. The molecule has 0 fully saturated rings. The summed E-state index contributed by atoms with van der Waals surface area (Å²) in [5, 5.41) is 9.07. The summed E-state index contributed by atoms with van der Waals surface area (Å²) in [6, 6.07) is 0. The molecule has 5 N–H and O–H groups in total. The number of carboxylic acid groups (broad SMARTS) is 1. The maximum Gasteiger partial charge on any atom is 0.407 e. The van der Waals surface area contributed by atoms with E-state index < -0.39 is 11.6 Å². The molecule has 0 saturated carbocycles. The third kappa shape index (κ3) is 8.77. The predicted octanol–water partition coefficient (Wildman–Crippen LogP) is 1.21. The molecule has 0 aliphatic heterocycles. The summed E-state index contributed by atoms with van der Waals surface area (Å²) in [5.74, 6) is 6.04. The Labute approximate surface area is 114 Å². The Morgan fingerprint density at radius 1 is 1.26 bits per heavy atom. The van der Waals surface area contributed by atoms with E-state index in [1.807, 2.05) is 20.8 Å². The summed E-state index contributed by atoms with van der Waals surface area (Å²) in [6.07, 6.45) is 1.12. The van der Waals surface area contributed by atoms with E-state index in [1.165, 1.54) is 4.90 Å². The average Bonchev–Trinajstić information content (AvgIpc) is 2.24. The van der Waals surface area contributed by atoms with Crippen molar-refractivity contribution in [1.29, 1.82) is 0 Å².